The number of hydrogen-bond donors (Lipinski definition) is 2. The molecule has 0 saturated carbocycles. The first-order valence-corrected chi connectivity index (χ1v) is 7.09. The van der Waals surface area contributed by atoms with E-state index in [0.717, 1.165) is 15.8 Å². The summed E-state index contributed by atoms with van der Waals surface area (Å²) in [7, 11) is 1.72. The van der Waals surface area contributed by atoms with Crippen LogP contribution in [0.4, 0.5) is 0 Å². The maximum absolute atomic E-state index is 11.7. The van der Waals surface area contributed by atoms with Crippen molar-refractivity contribution in [1.82, 2.24) is 5.32 Å². The van der Waals surface area contributed by atoms with E-state index in [4.69, 9.17) is 10.2 Å². The van der Waals surface area contributed by atoms with Crippen LogP contribution in [0.2, 0.25) is 0 Å². The molecule has 0 atom stereocenters. The van der Waals surface area contributed by atoms with Gasteiger partial charge in [0, 0.05) is 16.1 Å². The molecule has 2 aromatic rings. The van der Waals surface area contributed by atoms with Gasteiger partial charge in [-0.3, -0.25) is 5.73 Å². The summed E-state index contributed by atoms with van der Waals surface area (Å²) < 4.78 is 8.35. The van der Waals surface area contributed by atoms with Crippen LogP contribution in [0.15, 0.2) is 51.0 Å². The molecule has 1 aromatic heterocycles. The largest absolute Gasteiger partial charge is 0.457 e. The number of amides is 1. The molecule has 0 saturated heterocycles. The van der Waals surface area contributed by atoms with Crippen molar-refractivity contribution in [3.8, 4) is 11.3 Å². The van der Waals surface area contributed by atoms with Gasteiger partial charge >= 0.3 is 11.9 Å². The van der Waals surface area contributed by atoms with E-state index in [1.807, 2.05) is 36.4 Å². The van der Waals surface area contributed by atoms with E-state index < -0.39 is 0 Å². The zero-order valence-corrected chi connectivity index (χ0v) is 12.8. The Morgan fingerprint density at radius 3 is 2.57 bits per heavy atom. The number of hydrogen-bond acceptors (Lipinski definition) is 3. The van der Waals surface area contributed by atoms with Crippen molar-refractivity contribution in [2.45, 2.75) is 0 Å². The minimum absolute atomic E-state index is 0.239. The summed E-state index contributed by atoms with van der Waals surface area (Å²) in [5.41, 5.74) is 7.08. The molecule has 1 aromatic carbocycles. The van der Waals surface area contributed by atoms with E-state index in [-0.39, 0.29) is 5.91 Å². The number of benzene rings is 1. The summed E-state index contributed by atoms with van der Waals surface area (Å²) in [5, 5.41) is 2.55. The fourth-order valence-corrected chi connectivity index (χ4v) is 2.31. The molecule has 3 N–H and O–H groups in total. The van der Waals surface area contributed by atoms with Crippen LogP contribution in [0.3, 0.4) is 0 Å². The molecule has 1 amide bonds. The third-order valence-corrected chi connectivity index (χ3v) is 3.76. The van der Waals surface area contributed by atoms with Crippen molar-refractivity contribution in [1.29, 1.82) is 0 Å². The summed E-state index contributed by atoms with van der Waals surface area (Å²) in [5.74, 6) is 1.41. The van der Waals surface area contributed by atoms with Gasteiger partial charge in [-0.25, -0.2) is 14.7 Å². The lowest BCUT2D eigenvalue weighted by Crippen LogP contribution is -2.32. The molecule has 2 heterocycles. The zero-order valence-electron chi connectivity index (χ0n) is 11.3. The van der Waals surface area contributed by atoms with Gasteiger partial charge in [-0.05, 0) is 24.3 Å². The van der Waals surface area contributed by atoms with E-state index in [0.29, 0.717) is 17.4 Å². The highest BCUT2D eigenvalue weighted by molar-refractivity contribution is 9.10. The molecule has 6 heteroatoms. The molecule has 5 nitrogen and oxygen atoms in total. The maximum atomic E-state index is 11.7. The number of furan rings is 1. The molecular formula is C15H13BrN3O2+. The second kappa shape index (κ2) is 5.21. The highest BCUT2D eigenvalue weighted by Gasteiger charge is 2.29. The van der Waals surface area contributed by atoms with Gasteiger partial charge in [-0.1, -0.05) is 28.1 Å². The molecule has 3 rings (SSSR count). The summed E-state index contributed by atoms with van der Waals surface area (Å²) in [6.45, 7) is 0. The van der Waals surface area contributed by atoms with Gasteiger partial charge in [0.05, 0.1) is 7.05 Å². The molecule has 0 aliphatic carbocycles. The number of carbonyl (C=O) groups excluding carboxylic acids is 1. The van der Waals surface area contributed by atoms with Crippen LogP contribution < -0.4 is 11.1 Å². The summed E-state index contributed by atoms with van der Waals surface area (Å²) in [6, 6.07) is 11.5. The average molecular weight is 347 g/mol. The van der Waals surface area contributed by atoms with Crippen molar-refractivity contribution in [2.75, 3.05) is 7.05 Å². The first-order valence-electron chi connectivity index (χ1n) is 6.29. The lowest BCUT2D eigenvalue weighted by atomic mass is 10.2. The van der Waals surface area contributed by atoms with Crippen LogP contribution in [0.25, 0.3) is 17.4 Å². The van der Waals surface area contributed by atoms with E-state index in [1.165, 1.54) is 0 Å². The summed E-state index contributed by atoms with van der Waals surface area (Å²) in [4.78, 5) is 11.7. The van der Waals surface area contributed by atoms with Crippen LogP contribution in [0.1, 0.15) is 5.76 Å². The second-order valence-electron chi connectivity index (χ2n) is 4.64. The third kappa shape index (κ3) is 2.62. The van der Waals surface area contributed by atoms with Crippen LogP contribution in [0, 0.1) is 0 Å². The van der Waals surface area contributed by atoms with Gasteiger partial charge in [0.1, 0.15) is 11.5 Å². The van der Waals surface area contributed by atoms with Gasteiger partial charge < -0.3 is 4.42 Å². The van der Waals surface area contributed by atoms with Crippen LogP contribution in [-0.2, 0) is 4.79 Å². The van der Waals surface area contributed by atoms with E-state index in [1.54, 1.807) is 17.7 Å². The Morgan fingerprint density at radius 2 is 1.95 bits per heavy atom. The molecule has 21 heavy (non-hydrogen) atoms. The summed E-state index contributed by atoms with van der Waals surface area (Å²) in [6.07, 6.45) is 1.66. The highest BCUT2D eigenvalue weighted by Crippen LogP contribution is 2.25. The third-order valence-electron chi connectivity index (χ3n) is 3.23. The highest BCUT2D eigenvalue weighted by atomic mass is 79.9. The minimum atomic E-state index is -0.239. The van der Waals surface area contributed by atoms with Gasteiger partial charge in [0.15, 0.2) is 5.70 Å². The number of nitrogens with two attached hydrogens (primary N) is 1. The smallest absolute Gasteiger partial charge is 0.356 e. The minimum Gasteiger partial charge on any atom is -0.457 e. The van der Waals surface area contributed by atoms with Crippen molar-refractivity contribution in [3.05, 3.63) is 52.3 Å². The molecule has 0 fully saturated rings. The standard InChI is InChI=1S/C15H12BrN3O2/c1-19-12(14(20)18-15(19)17)8-11-6-7-13(21-11)9-2-4-10(16)5-3-9/h2-8H,1H3,(H2,17,18,20)/p+1. The Kier molecular flexibility index (Phi) is 3.39. The topological polar surface area (TPSA) is 71.3 Å². The molecule has 1 aliphatic heterocycles. The van der Waals surface area contributed by atoms with E-state index in [2.05, 4.69) is 21.2 Å². The van der Waals surface area contributed by atoms with Crippen molar-refractivity contribution >= 4 is 33.9 Å². The monoisotopic (exact) mass is 346 g/mol. The van der Waals surface area contributed by atoms with Gasteiger partial charge in [0.25, 0.3) is 0 Å². The molecule has 0 spiro atoms. The number of guanidine groups is 1. The first-order chi connectivity index (χ1) is 10.0. The number of rotatable bonds is 2. The number of halogens is 1. The molecule has 0 bridgehead atoms. The first kappa shape index (κ1) is 13.6. The van der Waals surface area contributed by atoms with Gasteiger partial charge in [-0.15, -0.1) is 0 Å². The fourth-order valence-electron chi connectivity index (χ4n) is 2.04. The normalized spacial score (nSPS) is 16.7. The Balaban J connectivity index is 1.93. The summed E-state index contributed by atoms with van der Waals surface area (Å²) >= 11 is 3.40. The van der Waals surface area contributed by atoms with Crippen molar-refractivity contribution in [2.24, 2.45) is 5.73 Å². The van der Waals surface area contributed by atoms with Crippen LogP contribution in [0.5, 0.6) is 0 Å². The molecule has 0 unspecified atom stereocenters. The predicted octanol–water partition coefficient (Wildman–Crippen LogP) is 2.14. The maximum Gasteiger partial charge on any atom is 0.356 e. The fraction of sp³-hybridized carbons (Fsp3) is 0.0667. The molecule has 0 radical (unpaired) electrons. The Hall–Kier alpha value is -2.34. The van der Waals surface area contributed by atoms with Crippen LogP contribution in [-0.4, -0.2) is 23.5 Å². The zero-order chi connectivity index (χ0) is 15.0. The Bertz CT molecular complexity index is 772. The average Bonchev–Trinajstić information content (AvgIpc) is 3.01. The van der Waals surface area contributed by atoms with Crippen molar-refractivity contribution in [3.63, 3.8) is 0 Å². The predicted molar refractivity (Wildman–Crippen MR) is 83.3 cm³/mol. The molecule has 1 aliphatic rings. The van der Waals surface area contributed by atoms with Gasteiger partial charge in [0.2, 0.25) is 0 Å². The molecule has 106 valence electrons. The Morgan fingerprint density at radius 1 is 1.24 bits per heavy atom. The van der Waals surface area contributed by atoms with E-state index >= 15 is 0 Å². The number of carbonyl (C=O) groups is 1. The lowest BCUT2D eigenvalue weighted by molar-refractivity contribution is -0.432. The quantitative estimate of drug-likeness (QED) is 0.646. The number of nitrogens with zero attached hydrogens (tertiary/aromatic N) is 1. The van der Waals surface area contributed by atoms with Gasteiger partial charge in [-0.2, -0.15) is 0 Å². The van der Waals surface area contributed by atoms with E-state index in [9.17, 15) is 4.79 Å². The lowest BCUT2D eigenvalue weighted by Gasteiger charge is -1.97. The number of likely N-dealkylation sites (N-methyl/N-ethyl adjacent to an activating group) is 1. The van der Waals surface area contributed by atoms with Crippen molar-refractivity contribution < 1.29 is 13.8 Å². The second-order valence-corrected chi connectivity index (χ2v) is 5.55. The SMILES string of the molecule is C[N+]1=C(N)NC(=O)C1=Cc1ccc(-c2ccc(Br)cc2)o1. The molecular weight excluding hydrogens is 334 g/mol. The van der Waals surface area contributed by atoms with Crippen LogP contribution >= 0.6 is 15.9 Å². The number of nitrogens with one attached hydrogen (secondary N) is 1. The Labute approximate surface area is 129 Å².